The molecule has 1 aromatic carbocycles. The van der Waals surface area contributed by atoms with Crippen molar-refractivity contribution in [3.05, 3.63) is 35.4 Å². The van der Waals surface area contributed by atoms with Gasteiger partial charge in [0, 0.05) is 45.9 Å². The highest BCUT2D eigenvalue weighted by molar-refractivity contribution is 5.74. The molecule has 22 heavy (non-hydrogen) atoms. The summed E-state index contributed by atoms with van der Waals surface area (Å²) in [7, 11) is 1.65. The molecule has 0 aliphatic carbocycles. The number of ether oxygens (including phenoxy) is 1. The maximum Gasteiger partial charge on any atom is 0.317 e. The van der Waals surface area contributed by atoms with Gasteiger partial charge in [0.05, 0.1) is 6.61 Å². The number of fused-ring (bicyclic) bond motifs is 1. The third kappa shape index (κ3) is 3.42. The zero-order chi connectivity index (χ0) is 15.4. The summed E-state index contributed by atoms with van der Waals surface area (Å²) in [6.07, 6.45) is 2.19. The van der Waals surface area contributed by atoms with Gasteiger partial charge in [-0.25, -0.2) is 4.79 Å². The molecule has 0 aromatic heterocycles. The van der Waals surface area contributed by atoms with Gasteiger partial charge in [0.15, 0.2) is 0 Å². The highest BCUT2D eigenvalue weighted by Gasteiger charge is 2.31. The first kappa shape index (κ1) is 15.3. The van der Waals surface area contributed by atoms with E-state index < -0.39 is 0 Å². The van der Waals surface area contributed by atoms with Gasteiger partial charge in [-0.2, -0.15) is 0 Å². The first-order chi connectivity index (χ1) is 10.8. The van der Waals surface area contributed by atoms with Gasteiger partial charge in [-0.05, 0) is 24.0 Å². The number of benzene rings is 1. The molecule has 1 aromatic rings. The van der Waals surface area contributed by atoms with Crippen molar-refractivity contribution in [2.45, 2.75) is 25.4 Å². The van der Waals surface area contributed by atoms with Crippen LogP contribution in [0.25, 0.3) is 0 Å². The van der Waals surface area contributed by atoms with E-state index in [-0.39, 0.29) is 6.03 Å². The van der Waals surface area contributed by atoms with Crippen molar-refractivity contribution in [3.63, 3.8) is 0 Å². The Kier molecular flexibility index (Phi) is 4.95. The molecule has 1 fully saturated rings. The van der Waals surface area contributed by atoms with Crippen molar-refractivity contribution in [2.24, 2.45) is 0 Å². The molecule has 1 unspecified atom stereocenters. The van der Waals surface area contributed by atoms with E-state index in [1.54, 1.807) is 7.11 Å². The van der Waals surface area contributed by atoms with Crippen LogP contribution in [0.4, 0.5) is 4.79 Å². The molecule has 0 saturated carbocycles. The lowest BCUT2D eigenvalue weighted by Crippen LogP contribution is -2.44. The first-order valence-corrected chi connectivity index (χ1v) is 8.10. The SMILES string of the molecule is COCCNC(=O)N1CCC(N2CCc3ccccc3C2)C1. The van der Waals surface area contributed by atoms with Gasteiger partial charge in [0.2, 0.25) is 0 Å². The Labute approximate surface area is 132 Å². The number of rotatable bonds is 4. The number of hydrogen-bond donors (Lipinski definition) is 1. The largest absolute Gasteiger partial charge is 0.383 e. The summed E-state index contributed by atoms with van der Waals surface area (Å²) in [5, 5.41) is 2.91. The Bertz CT molecular complexity index is 520. The molecular weight excluding hydrogens is 278 g/mol. The Morgan fingerprint density at radius 3 is 2.95 bits per heavy atom. The summed E-state index contributed by atoms with van der Waals surface area (Å²) < 4.78 is 4.96. The summed E-state index contributed by atoms with van der Waals surface area (Å²) in [6, 6.07) is 9.23. The number of hydrogen-bond acceptors (Lipinski definition) is 3. The smallest absolute Gasteiger partial charge is 0.317 e. The average Bonchev–Trinajstić information content (AvgIpc) is 3.04. The zero-order valence-corrected chi connectivity index (χ0v) is 13.3. The maximum absolute atomic E-state index is 12.1. The standard InChI is InChI=1S/C17H25N3O2/c1-22-11-8-18-17(21)20-10-7-16(13-20)19-9-6-14-4-2-3-5-15(14)12-19/h2-5,16H,6-13H2,1H3,(H,18,21). The van der Waals surface area contributed by atoms with Crippen LogP contribution in [-0.4, -0.2) is 61.8 Å². The number of likely N-dealkylation sites (tertiary alicyclic amines) is 1. The van der Waals surface area contributed by atoms with Crippen LogP contribution in [0.5, 0.6) is 0 Å². The lowest BCUT2D eigenvalue weighted by molar-refractivity contribution is 0.168. The highest BCUT2D eigenvalue weighted by atomic mass is 16.5. The normalized spacial score (nSPS) is 21.7. The Morgan fingerprint density at radius 2 is 2.14 bits per heavy atom. The van der Waals surface area contributed by atoms with E-state index >= 15 is 0 Å². The van der Waals surface area contributed by atoms with Crippen molar-refractivity contribution in [2.75, 3.05) is 39.9 Å². The predicted molar refractivity (Wildman–Crippen MR) is 85.8 cm³/mol. The summed E-state index contributed by atoms with van der Waals surface area (Å²) >= 11 is 0. The second kappa shape index (κ2) is 7.11. The Morgan fingerprint density at radius 1 is 1.32 bits per heavy atom. The van der Waals surface area contributed by atoms with E-state index in [0.717, 1.165) is 39.0 Å². The molecule has 0 spiro atoms. The van der Waals surface area contributed by atoms with Gasteiger partial charge < -0.3 is 15.0 Å². The zero-order valence-electron chi connectivity index (χ0n) is 13.3. The number of nitrogens with zero attached hydrogens (tertiary/aromatic N) is 2. The van der Waals surface area contributed by atoms with Crippen LogP contribution in [0.15, 0.2) is 24.3 Å². The Balaban J connectivity index is 1.52. The summed E-state index contributed by atoms with van der Waals surface area (Å²) in [4.78, 5) is 16.6. The van der Waals surface area contributed by atoms with E-state index in [1.807, 2.05) is 4.90 Å². The van der Waals surface area contributed by atoms with Gasteiger partial charge in [-0.3, -0.25) is 4.90 Å². The number of methoxy groups -OCH3 is 1. The van der Waals surface area contributed by atoms with Crippen LogP contribution in [0.1, 0.15) is 17.5 Å². The third-order valence-electron chi connectivity index (χ3n) is 4.71. The molecule has 5 nitrogen and oxygen atoms in total. The molecule has 2 aliphatic rings. The van der Waals surface area contributed by atoms with Gasteiger partial charge in [-0.15, -0.1) is 0 Å². The van der Waals surface area contributed by atoms with Crippen LogP contribution in [0, 0.1) is 0 Å². The molecular formula is C17H25N3O2. The molecule has 1 saturated heterocycles. The number of nitrogens with one attached hydrogen (secondary N) is 1. The Hall–Kier alpha value is -1.59. The molecule has 2 heterocycles. The van der Waals surface area contributed by atoms with Crippen molar-refractivity contribution < 1.29 is 9.53 Å². The topological polar surface area (TPSA) is 44.8 Å². The molecule has 0 bridgehead atoms. The molecule has 5 heteroatoms. The molecule has 3 rings (SSSR count). The van der Waals surface area contributed by atoms with Crippen molar-refractivity contribution in [1.82, 2.24) is 15.1 Å². The number of carbonyl (C=O) groups is 1. The number of urea groups is 1. The minimum absolute atomic E-state index is 0.0389. The molecule has 0 radical (unpaired) electrons. The average molecular weight is 303 g/mol. The lowest BCUT2D eigenvalue weighted by atomic mass is 9.98. The second-order valence-electron chi connectivity index (χ2n) is 6.10. The van der Waals surface area contributed by atoms with Crippen molar-refractivity contribution in [1.29, 1.82) is 0 Å². The summed E-state index contributed by atoms with van der Waals surface area (Å²) in [5.74, 6) is 0. The van der Waals surface area contributed by atoms with Crippen molar-refractivity contribution in [3.8, 4) is 0 Å². The minimum Gasteiger partial charge on any atom is -0.383 e. The fourth-order valence-electron chi connectivity index (χ4n) is 3.43. The van der Waals surface area contributed by atoms with Crippen LogP contribution in [0.3, 0.4) is 0 Å². The molecule has 2 aliphatic heterocycles. The van der Waals surface area contributed by atoms with Gasteiger partial charge in [0.25, 0.3) is 0 Å². The van der Waals surface area contributed by atoms with Crippen LogP contribution >= 0.6 is 0 Å². The fraction of sp³-hybridized carbons (Fsp3) is 0.588. The van der Waals surface area contributed by atoms with Gasteiger partial charge in [0.1, 0.15) is 0 Å². The predicted octanol–water partition coefficient (Wildman–Crippen LogP) is 1.47. The number of carbonyl (C=O) groups excluding carboxylic acids is 1. The van der Waals surface area contributed by atoms with E-state index in [0.29, 0.717) is 19.2 Å². The van der Waals surface area contributed by atoms with E-state index in [4.69, 9.17) is 4.74 Å². The summed E-state index contributed by atoms with van der Waals surface area (Å²) in [5.41, 5.74) is 2.92. The second-order valence-corrected chi connectivity index (χ2v) is 6.10. The van der Waals surface area contributed by atoms with Crippen LogP contribution < -0.4 is 5.32 Å². The van der Waals surface area contributed by atoms with Crippen LogP contribution in [0.2, 0.25) is 0 Å². The van der Waals surface area contributed by atoms with Crippen LogP contribution in [-0.2, 0) is 17.7 Å². The van der Waals surface area contributed by atoms with Gasteiger partial charge in [-0.1, -0.05) is 24.3 Å². The maximum atomic E-state index is 12.1. The fourth-order valence-corrected chi connectivity index (χ4v) is 3.43. The first-order valence-electron chi connectivity index (χ1n) is 8.10. The lowest BCUT2D eigenvalue weighted by Gasteiger charge is -2.33. The van der Waals surface area contributed by atoms with Gasteiger partial charge >= 0.3 is 6.03 Å². The van der Waals surface area contributed by atoms with E-state index in [9.17, 15) is 4.79 Å². The highest BCUT2D eigenvalue weighted by Crippen LogP contribution is 2.24. The monoisotopic (exact) mass is 303 g/mol. The molecule has 1 N–H and O–H groups in total. The summed E-state index contributed by atoms with van der Waals surface area (Å²) in [6.45, 7) is 4.93. The molecule has 2 amide bonds. The van der Waals surface area contributed by atoms with Crippen molar-refractivity contribution >= 4 is 6.03 Å². The minimum atomic E-state index is 0.0389. The third-order valence-corrected chi connectivity index (χ3v) is 4.71. The van der Waals surface area contributed by atoms with E-state index in [1.165, 1.54) is 11.1 Å². The number of amides is 2. The van der Waals surface area contributed by atoms with E-state index in [2.05, 4.69) is 34.5 Å². The molecule has 120 valence electrons. The molecule has 1 atom stereocenters. The quantitative estimate of drug-likeness (QED) is 0.857.